The quantitative estimate of drug-likeness (QED) is 0.152. The fourth-order valence-electron chi connectivity index (χ4n) is 9.51. The number of fused-ring (bicyclic) bond motifs is 5. The Balaban J connectivity index is 1.54. The second-order valence-corrected chi connectivity index (χ2v) is 18.3. The number of carbonyl (C=O) groups is 6. The van der Waals surface area contributed by atoms with Crippen LogP contribution in [0.4, 0.5) is 4.79 Å². The first-order chi connectivity index (χ1) is 27.6. The first-order valence-corrected chi connectivity index (χ1v) is 20.3. The minimum atomic E-state index is -2.39. The van der Waals surface area contributed by atoms with Crippen molar-refractivity contribution >= 4 is 46.7 Å². The van der Waals surface area contributed by atoms with Crippen LogP contribution in [-0.4, -0.2) is 110 Å². The maximum absolute atomic E-state index is 15.4. The number of thioether (sulfide) groups is 1. The van der Waals surface area contributed by atoms with Gasteiger partial charge in [0.15, 0.2) is 23.6 Å². The Bertz CT molecular complexity index is 2020. The molecule has 1 aromatic carbocycles. The predicted molar refractivity (Wildman–Crippen MR) is 207 cm³/mol. The highest BCUT2D eigenvalue weighted by molar-refractivity contribution is 8.14. The zero-order valence-corrected chi connectivity index (χ0v) is 34.9. The van der Waals surface area contributed by atoms with Crippen LogP contribution in [0.25, 0.3) is 0 Å². The van der Waals surface area contributed by atoms with Crippen LogP contribution in [-0.2, 0) is 42.9 Å². The Morgan fingerprint density at radius 2 is 1.64 bits per heavy atom. The van der Waals surface area contributed by atoms with Gasteiger partial charge in [0.2, 0.25) is 0 Å². The van der Waals surface area contributed by atoms with Crippen molar-refractivity contribution in [2.75, 3.05) is 6.61 Å². The number of ketones is 1. The lowest BCUT2D eigenvalue weighted by Gasteiger charge is -2.67. The maximum atomic E-state index is 15.4. The molecular formula is C42H51NO15S. The van der Waals surface area contributed by atoms with Gasteiger partial charge >= 0.3 is 23.9 Å². The van der Waals surface area contributed by atoms with Gasteiger partial charge in [-0.15, -0.1) is 0 Å². The standard InChI is InChI=1S/C42H51NO15S/c1-20(2)59-38(51)43-30(25-15-12-16-53-25)31(47)37(50)56-26-18-42(52)35(57-36(49)24-13-10-9-11-14-24)33-40(8,27(46)17-28-41(33,19-54-28)58-23(5)45)34(48)32(55-22(4)44)29(21(26)3)39(42,6)7/h9-16,20,26-28,30-33,35,46-47,52H,17-19H2,1-8H3,(H,43,51)/t26-,27-,28+,30+,31+,32+,33-,35-,40+,41-,42+/m0/s1. The molecule has 4 aliphatic rings. The first-order valence-electron chi connectivity index (χ1n) is 19.4. The minimum Gasteiger partial charge on any atom is -0.467 e. The van der Waals surface area contributed by atoms with Crippen molar-refractivity contribution in [3.63, 3.8) is 0 Å². The highest BCUT2D eigenvalue weighted by Gasteiger charge is 2.78. The molecule has 4 N–H and O–H groups in total. The molecule has 16 nitrogen and oxygen atoms in total. The van der Waals surface area contributed by atoms with E-state index in [0.717, 1.165) is 25.6 Å². The summed E-state index contributed by atoms with van der Waals surface area (Å²) in [5.74, 6) is -6.26. The first kappa shape index (κ1) is 44.0. The molecule has 3 fully saturated rings. The van der Waals surface area contributed by atoms with Crippen molar-refractivity contribution < 1.29 is 72.2 Å². The molecule has 0 radical (unpaired) electrons. The number of benzene rings is 1. The van der Waals surface area contributed by atoms with E-state index in [4.69, 9.17) is 28.1 Å². The Labute approximate surface area is 345 Å². The van der Waals surface area contributed by atoms with Gasteiger partial charge in [0.05, 0.1) is 35.9 Å². The molecule has 2 bridgehead atoms. The molecule has 3 aliphatic carbocycles. The monoisotopic (exact) mass is 841 g/mol. The number of carbonyl (C=O) groups excluding carboxylic acids is 6. The van der Waals surface area contributed by atoms with E-state index in [1.54, 1.807) is 45.9 Å². The van der Waals surface area contributed by atoms with E-state index in [0.29, 0.717) is 0 Å². The highest BCUT2D eigenvalue weighted by atomic mass is 32.2. The van der Waals surface area contributed by atoms with E-state index >= 15 is 4.79 Å². The smallest absolute Gasteiger partial charge is 0.338 e. The average molecular weight is 842 g/mol. The Hall–Kier alpha value is -4.55. The summed E-state index contributed by atoms with van der Waals surface area (Å²) >= 11 is 0.917. The molecule has 320 valence electrons. The minimum absolute atomic E-state index is 0.0101. The summed E-state index contributed by atoms with van der Waals surface area (Å²) in [5, 5.41) is 39.0. The number of hydrogen-bond donors (Lipinski definition) is 4. The molecule has 6 rings (SSSR count). The van der Waals surface area contributed by atoms with Crippen molar-refractivity contribution in [3.05, 3.63) is 71.2 Å². The summed E-state index contributed by atoms with van der Waals surface area (Å²) in [6.07, 6.45) is -9.26. The lowest BCUT2D eigenvalue weighted by Crippen LogP contribution is -2.82. The van der Waals surface area contributed by atoms with Gasteiger partial charge in [-0.3, -0.25) is 19.2 Å². The molecule has 1 amide bonds. The number of rotatable bonds is 10. The number of aliphatic hydroxyl groups is 3. The molecule has 1 aromatic heterocycles. The number of Topliss-reactive ketones (excluding diaryl/α,β-unsaturated/α-hetero) is 1. The van der Waals surface area contributed by atoms with E-state index < -0.39 is 112 Å². The van der Waals surface area contributed by atoms with Crippen LogP contribution in [0.3, 0.4) is 0 Å². The zero-order valence-electron chi connectivity index (χ0n) is 34.1. The number of nitrogens with one attached hydrogen (secondary N) is 1. The fourth-order valence-corrected chi connectivity index (χ4v) is 10.1. The van der Waals surface area contributed by atoms with Gasteiger partial charge in [-0.25, -0.2) is 9.59 Å². The molecule has 11 atom stereocenters. The lowest BCUT2D eigenvalue weighted by molar-refractivity contribution is -0.346. The molecule has 17 heteroatoms. The van der Waals surface area contributed by atoms with Crippen LogP contribution < -0.4 is 5.32 Å². The topological polar surface area (TPSA) is 234 Å². The van der Waals surface area contributed by atoms with Crippen LogP contribution in [0.15, 0.2) is 64.3 Å². The van der Waals surface area contributed by atoms with Crippen molar-refractivity contribution in [3.8, 4) is 0 Å². The fraction of sp³-hybridized carbons (Fsp3) is 0.571. The van der Waals surface area contributed by atoms with Gasteiger partial charge in [0, 0.05) is 37.4 Å². The van der Waals surface area contributed by atoms with E-state index in [1.165, 1.54) is 44.4 Å². The van der Waals surface area contributed by atoms with Gasteiger partial charge in [0.1, 0.15) is 35.7 Å². The molecule has 2 heterocycles. The second-order valence-electron chi connectivity index (χ2n) is 16.7. The van der Waals surface area contributed by atoms with Crippen LogP contribution >= 0.6 is 11.8 Å². The van der Waals surface area contributed by atoms with Crippen LogP contribution in [0.1, 0.15) is 90.4 Å². The van der Waals surface area contributed by atoms with E-state index in [2.05, 4.69) is 5.32 Å². The zero-order chi connectivity index (χ0) is 43.4. The summed E-state index contributed by atoms with van der Waals surface area (Å²) in [4.78, 5) is 82.4. The number of esters is 4. The number of ether oxygens (including phenoxy) is 5. The average Bonchev–Trinajstić information content (AvgIpc) is 3.69. The number of aliphatic hydroxyl groups excluding tert-OH is 2. The predicted octanol–water partition coefficient (Wildman–Crippen LogP) is 3.75. The van der Waals surface area contributed by atoms with Gasteiger partial charge < -0.3 is 48.7 Å². The molecule has 1 saturated heterocycles. The number of amides is 1. The second kappa shape index (κ2) is 16.1. The van der Waals surface area contributed by atoms with Crippen LogP contribution in [0, 0.1) is 16.7 Å². The molecule has 59 heavy (non-hydrogen) atoms. The summed E-state index contributed by atoms with van der Waals surface area (Å²) < 4.78 is 35.5. The third-order valence-corrected chi connectivity index (χ3v) is 13.3. The highest BCUT2D eigenvalue weighted by Crippen LogP contribution is 2.64. The number of hydrogen-bond acceptors (Lipinski definition) is 16. The van der Waals surface area contributed by atoms with Gasteiger partial charge in [-0.2, -0.15) is 0 Å². The van der Waals surface area contributed by atoms with Gasteiger partial charge in [0.25, 0.3) is 5.24 Å². The summed E-state index contributed by atoms with van der Waals surface area (Å²) in [6.45, 7) is 11.5. The molecule has 1 aliphatic heterocycles. The Kier molecular flexibility index (Phi) is 12.0. The Morgan fingerprint density at radius 1 is 0.966 bits per heavy atom. The summed E-state index contributed by atoms with van der Waals surface area (Å²) in [7, 11) is 0. The summed E-state index contributed by atoms with van der Waals surface area (Å²) in [6, 6.07) is 9.35. The van der Waals surface area contributed by atoms with E-state index in [-0.39, 0.29) is 40.7 Å². The SMILES string of the molecule is CC(=O)O[C@H]1C(=O)[C@@]2(C)[C@H]([C@H](OC(=O)c3ccccc3)[C@]3(O)C[C@H](OC(=O)[C@H](O)[C@H](NC(=O)SC(C)C)c4ccco4)C(C)=C1C3(C)C)[C@]1(OC(C)=O)CO[C@@H]1C[C@@H]2O. The molecule has 2 aromatic rings. The molecule has 0 spiro atoms. The third-order valence-electron chi connectivity index (χ3n) is 12.5. The largest absolute Gasteiger partial charge is 0.467 e. The van der Waals surface area contributed by atoms with Crippen molar-refractivity contribution in [2.45, 2.75) is 127 Å². The number of furan rings is 1. The molecule has 0 unspecified atom stereocenters. The van der Waals surface area contributed by atoms with Crippen LogP contribution in [0.2, 0.25) is 0 Å². The Morgan fingerprint density at radius 3 is 2.20 bits per heavy atom. The van der Waals surface area contributed by atoms with Crippen molar-refractivity contribution in [1.29, 1.82) is 0 Å². The summed E-state index contributed by atoms with van der Waals surface area (Å²) in [5.41, 5.74) is -7.65. The molecular weight excluding hydrogens is 791 g/mol. The van der Waals surface area contributed by atoms with Crippen molar-refractivity contribution in [1.82, 2.24) is 5.32 Å². The maximum Gasteiger partial charge on any atom is 0.338 e. The lowest BCUT2D eigenvalue weighted by atomic mass is 9.44. The van der Waals surface area contributed by atoms with E-state index in [9.17, 15) is 39.3 Å². The van der Waals surface area contributed by atoms with Crippen LogP contribution in [0.5, 0.6) is 0 Å². The van der Waals surface area contributed by atoms with Crippen molar-refractivity contribution in [2.24, 2.45) is 16.7 Å². The van der Waals surface area contributed by atoms with E-state index in [1.807, 2.05) is 0 Å². The normalized spacial score (nSPS) is 33.1. The van der Waals surface area contributed by atoms with Gasteiger partial charge in [-0.05, 0) is 49.3 Å². The third kappa shape index (κ3) is 7.49. The van der Waals surface area contributed by atoms with Gasteiger partial charge in [-0.1, -0.05) is 57.7 Å². The molecule has 2 saturated carbocycles.